The Labute approximate surface area is 89.2 Å². The van der Waals surface area contributed by atoms with Crippen LogP contribution in [0.3, 0.4) is 0 Å². The third-order valence-corrected chi connectivity index (χ3v) is 2.81. The SMILES string of the molecule is COc1ccc2cccnc2c1S(=O)[O-]. The van der Waals surface area contributed by atoms with Gasteiger partial charge in [0, 0.05) is 11.6 Å². The van der Waals surface area contributed by atoms with Crippen molar-refractivity contribution >= 4 is 22.0 Å². The Kier molecular flexibility index (Phi) is 2.66. The van der Waals surface area contributed by atoms with Gasteiger partial charge >= 0.3 is 0 Å². The summed E-state index contributed by atoms with van der Waals surface area (Å²) in [5, 5.41) is 0.775. The fourth-order valence-electron chi connectivity index (χ4n) is 1.42. The molecule has 0 fully saturated rings. The number of rotatable bonds is 2. The number of fused-ring (bicyclic) bond motifs is 1. The summed E-state index contributed by atoms with van der Waals surface area (Å²) in [5.41, 5.74) is 0.435. The first-order chi connectivity index (χ1) is 7.24. The van der Waals surface area contributed by atoms with Gasteiger partial charge in [-0.25, -0.2) is 0 Å². The van der Waals surface area contributed by atoms with Gasteiger partial charge in [-0.15, -0.1) is 0 Å². The maximum atomic E-state index is 11.1. The van der Waals surface area contributed by atoms with Gasteiger partial charge in [-0.1, -0.05) is 6.07 Å². The van der Waals surface area contributed by atoms with Gasteiger partial charge in [0.05, 0.1) is 17.5 Å². The van der Waals surface area contributed by atoms with Crippen LogP contribution < -0.4 is 4.74 Å². The molecule has 0 aliphatic carbocycles. The second-order valence-electron chi connectivity index (χ2n) is 2.91. The van der Waals surface area contributed by atoms with Crippen LogP contribution in [-0.2, 0) is 11.1 Å². The molecule has 2 aromatic rings. The van der Waals surface area contributed by atoms with Gasteiger partial charge < -0.3 is 9.29 Å². The lowest BCUT2D eigenvalue weighted by molar-refractivity contribution is 0.402. The van der Waals surface area contributed by atoms with Crippen LogP contribution in [0, 0.1) is 0 Å². The Morgan fingerprint density at radius 2 is 2.20 bits per heavy atom. The van der Waals surface area contributed by atoms with Crippen molar-refractivity contribution in [2.45, 2.75) is 4.90 Å². The van der Waals surface area contributed by atoms with E-state index in [1.165, 1.54) is 7.11 Å². The van der Waals surface area contributed by atoms with Gasteiger partial charge in [0.25, 0.3) is 0 Å². The van der Waals surface area contributed by atoms with E-state index in [-0.39, 0.29) is 4.90 Å². The number of hydrogen-bond donors (Lipinski definition) is 0. The first kappa shape index (κ1) is 10.1. The van der Waals surface area contributed by atoms with Crippen LogP contribution in [0.4, 0.5) is 0 Å². The number of benzene rings is 1. The van der Waals surface area contributed by atoms with Crippen LogP contribution in [0.1, 0.15) is 0 Å². The van der Waals surface area contributed by atoms with E-state index >= 15 is 0 Å². The molecule has 0 spiro atoms. The van der Waals surface area contributed by atoms with Crippen molar-refractivity contribution in [1.82, 2.24) is 4.98 Å². The average molecular weight is 222 g/mol. The van der Waals surface area contributed by atoms with Crippen molar-refractivity contribution in [3.8, 4) is 5.75 Å². The van der Waals surface area contributed by atoms with Gasteiger partial charge in [0.2, 0.25) is 0 Å². The zero-order valence-corrected chi connectivity index (χ0v) is 8.78. The van der Waals surface area contributed by atoms with E-state index in [1.54, 1.807) is 30.5 Å². The lowest BCUT2D eigenvalue weighted by Crippen LogP contribution is -1.97. The van der Waals surface area contributed by atoms with E-state index < -0.39 is 11.1 Å². The van der Waals surface area contributed by atoms with Crippen molar-refractivity contribution in [1.29, 1.82) is 0 Å². The molecule has 0 aliphatic rings. The van der Waals surface area contributed by atoms with Crippen LogP contribution >= 0.6 is 0 Å². The number of hydrogen-bond acceptors (Lipinski definition) is 4. The molecule has 1 aromatic heterocycles. The molecule has 0 amide bonds. The van der Waals surface area contributed by atoms with Crippen molar-refractivity contribution in [3.63, 3.8) is 0 Å². The van der Waals surface area contributed by atoms with Gasteiger partial charge in [-0.2, -0.15) is 0 Å². The van der Waals surface area contributed by atoms with Crippen LogP contribution in [0.5, 0.6) is 5.75 Å². The molecule has 15 heavy (non-hydrogen) atoms. The molecule has 1 aromatic carbocycles. The van der Waals surface area contributed by atoms with E-state index in [1.807, 2.05) is 0 Å². The number of methoxy groups -OCH3 is 1. The Morgan fingerprint density at radius 3 is 2.87 bits per heavy atom. The summed E-state index contributed by atoms with van der Waals surface area (Å²) < 4.78 is 27.1. The van der Waals surface area contributed by atoms with Crippen LogP contribution in [0.15, 0.2) is 35.4 Å². The molecule has 0 saturated heterocycles. The summed E-state index contributed by atoms with van der Waals surface area (Å²) in [4.78, 5) is 4.15. The predicted octanol–water partition coefficient (Wildman–Crippen LogP) is 1.48. The highest BCUT2D eigenvalue weighted by atomic mass is 32.2. The molecule has 0 aliphatic heterocycles. The maximum absolute atomic E-state index is 11.1. The third kappa shape index (κ3) is 1.71. The fraction of sp³-hybridized carbons (Fsp3) is 0.100. The van der Waals surface area contributed by atoms with Gasteiger partial charge in [-0.05, 0) is 29.3 Å². The molecule has 2 rings (SSSR count). The van der Waals surface area contributed by atoms with Crippen molar-refractivity contribution in [3.05, 3.63) is 30.5 Å². The Balaban J connectivity index is 2.85. The van der Waals surface area contributed by atoms with Gasteiger partial charge in [0.15, 0.2) is 0 Å². The molecule has 0 saturated carbocycles. The first-order valence-corrected chi connectivity index (χ1v) is 5.32. The highest BCUT2D eigenvalue weighted by Crippen LogP contribution is 2.28. The standard InChI is InChI=1S/C10H9NO3S/c1-14-8-5-4-7-3-2-6-11-9(7)10(8)15(12)13/h2-6H,1H3,(H,12,13)/p-1. The molecule has 0 bridgehead atoms. The summed E-state index contributed by atoms with van der Waals surface area (Å²) in [6.07, 6.45) is 1.55. The summed E-state index contributed by atoms with van der Waals surface area (Å²) in [6.45, 7) is 0. The van der Waals surface area contributed by atoms with Gasteiger partial charge in [0.1, 0.15) is 5.75 Å². The minimum Gasteiger partial charge on any atom is -0.768 e. The van der Waals surface area contributed by atoms with Crippen LogP contribution in [-0.4, -0.2) is 20.9 Å². The molecular weight excluding hydrogens is 214 g/mol. The Hall–Kier alpha value is -1.46. The van der Waals surface area contributed by atoms with Gasteiger partial charge in [-0.3, -0.25) is 9.19 Å². The van der Waals surface area contributed by atoms with E-state index in [2.05, 4.69) is 4.98 Å². The summed E-state index contributed by atoms with van der Waals surface area (Å²) in [6, 6.07) is 6.96. The Bertz CT molecular complexity index is 527. The molecule has 1 heterocycles. The summed E-state index contributed by atoms with van der Waals surface area (Å²) >= 11 is -2.35. The zero-order chi connectivity index (χ0) is 10.8. The minimum atomic E-state index is -2.35. The average Bonchev–Trinajstić information content (AvgIpc) is 2.27. The Morgan fingerprint density at radius 1 is 1.40 bits per heavy atom. The lowest BCUT2D eigenvalue weighted by atomic mass is 10.2. The number of ether oxygens (including phenoxy) is 1. The first-order valence-electron chi connectivity index (χ1n) is 4.25. The molecule has 5 heteroatoms. The fourth-order valence-corrected chi connectivity index (χ4v) is 2.07. The number of nitrogens with zero attached hydrogens (tertiary/aromatic N) is 1. The van der Waals surface area contributed by atoms with Crippen molar-refractivity contribution in [2.24, 2.45) is 0 Å². The molecular formula is C10H8NO3S-. The molecule has 0 N–H and O–H groups in total. The highest BCUT2D eigenvalue weighted by molar-refractivity contribution is 7.79. The predicted molar refractivity (Wildman–Crippen MR) is 55.5 cm³/mol. The smallest absolute Gasteiger partial charge is 0.136 e. The van der Waals surface area contributed by atoms with E-state index in [0.29, 0.717) is 11.3 Å². The molecule has 1 atom stereocenters. The second kappa shape index (κ2) is 3.96. The van der Waals surface area contributed by atoms with Crippen LogP contribution in [0.2, 0.25) is 0 Å². The highest BCUT2D eigenvalue weighted by Gasteiger charge is 2.09. The molecule has 1 unspecified atom stereocenters. The molecule has 4 nitrogen and oxygen atoms in total. The van der Waals surface area contributed by atoms with Crippen LogP contribution in [0.25, 0.3) is 10.9 Å². The normalized spacial score (nSPS) is 12.7. The topological polar surface area (TPSA) is 62.2 Å². The van der Waals surface area contributed by atoms with Crippen molar-refractivity contribution in [2.75, 3.05) is 7.11 Å². The number of aromatic nitrogens is 1. The monoisotopic (exact) mass is 222 g/mol. The zero-order valence-electron chi connectivity index (χ0n) is 7.97. The lowest BCUT2D eigenvalue weighted by Gasteiger charge is -2.12. The number of pyridine rings is 1. The second-order valence-corrected chi connectivity index (χ2v) is 3.78. The van der Waals surface area contributed by atoms with E-state index in [4.69, 9.17) is 4.74 Å². The third-order valence-electron chi connectivity index (χ3n) is 2.08. The van der Waals surface area contributed by atoms with E-state index in [0.717, 1.165) is 5.39 Å². The molecule has 78 valence electrons. The molecule has 0 radical (unpaired) electrons. The largest absolute Gasteiger partial charge is 0.768 e. The summed E-state index contributed by atoms with van der Waals surface area (Å²) in [5.74, 6) is 0.314. The van der Waals surface area contributed by atoms with E-state index in [9.17, 15) is 8.76 Å². The quantitative estimate of drug-likeness (QED) is 0.722. The van der Waals surface area contributed by atoms with Crippen molar-refractivity contribution < 1.29 is 13.5 Å². The maximum Gasteiger partial charge on any atom is 0.136 e. The minimum absolute atomic E-state index is 0.107. The summed E-state index contributed by atoms with van der Waals surface area (Å²) in [7, 11) is 1.43.